The third-order valence-corrected chi connectivity index (χ3v) is 2.28. The summed E-state index contributed by atoms with van der Waals surface area (Å²) >= 11 is 0. The lowest BCUT2D eigenvalue weighted by Crippen LogP contribution is -2.35. The molecule has 0 aliphatic rings. The van der Waals surface area contributed by atoms with Gasteiger partial charge in [0.25, 0.3) is 0 Å². The number of anilines is 1. The maximum Gasteiger partial charge on any atom is 0.313 e. The average molecular weight is 256 g/mol. The van der Waals surface area contributed by atoms with E-state index in [1.165, 1.54) is 6.20 Å². The summed E-state index contributed by atoms with van der Waals surface area (Å²) in [5, 5.41) is 4.93. The standard InChI is InChI=1S/C13H12N4O2/c18-12(16-9-10-4-1-2-7-15-10)13(19)17-11-5-3-6-14-8-11/h1-8H,9H2,(H,16,18)(H,17,19). The Morgan fingerprint density at radius 1 is 1.05 bits per heavy atom. The zero-order valence-corrected chi connectivity index (χ0v) is 10.0. The van der Waals surface area contributed by atoms with Crippen LogP contribution in [0.3, 0.4) is 0 Å². The van der Waals surface area contributed by atoms with E-state index < -0.39 is 11.8 Å². The fraction of sp³-hybridized carbons (Fsp3) is 0.0769. The highest BCUT2D eigenvalue weighted by atomic mass is 16.2. The third-order valence-electron chi connectivity index (χ3n) is 2.28. The molecule has 0 bridgehead atoms. The molecule has 96 valence electrons. The number of amides is 2. The molecule has 0 aromatic carbocycles. The Morgan fingerprint density at radius 2 is 1.95 bits per heavy atom. The van der Waals surface area contributed by atoms with Crippen molar-refractivity contribution in [3.05, 3.63) is 54.6 Å². The van der Waals surface area contributed by atoms with Crippen LogP contribution in [0.2, 0.25) is 0 Å². The average Bonchev–Trinajstić information content (AvgIpc) is 2.47. The van der Waals surface area contributed by atoms with Gasteiger partial charge < -0.3 is 10.6 Å². The lowest BCUT2D eigenvalue weighted by molar-refractivity contribution is -0.136. The topological polar surface area (TPSA) is 84.0 Å². The number of aromatic nitrogens is 2. The molecule has 2 N–H and O–H groups in total. The monoisotopic (exact) mass is 256 g/mol. The molecule has 0 aliphatic heterocycles. The van der Waals surface area contributed by atoms with E-state index in [4.69, 9.17) is 0 Å². The van der Waals surface area contributed by atoms with Crippen molar-refractivity contribution in [2.45, 2.75) is 6.54 Å². The summed E-state index contributed by atoms with van der Waals surface area (Å²) in [6.45, 7) is 0.208. The van der Waals surface area contributed by atoms with Crippen molar-refractivity contribution in [2.75, 3.05) is 5.32 Å². The summed E-state index contributed by atoms with van der Waals surface area (Å²) in [6.07, 6.45) is 4.66. The van der Waals surface area contributed by atoms with Gasteiger partial charge in [0.15, 0.2) is 0 Å². The maximum absolute atomic E-state index is 11.6. The molecule has 0 saturated carbocycles. The van der Waals surface area contributed by atoms with Gasteiger partial charge in [-0.1, -0.05) is 6.07 Å². The van der Waals surface area contributed by atoms with Gasteiger partial charge in [-0.25, -0.2) is 0 Å². The summed E-state index contributed by atoms with van der Waals surface area (Å²) in [7, 11) is 0. The number of pyridine rings is 2. The van der Waals surface area contributed by atoms with Gasteiger partial charge in [0.05, 0.1) is 24.1 Å². The van der Waals surface area contributed by atoms with E-state index in [1.807, 2.05) is 6.07 Å². The first-order valence-electron chi connectivity index (χ1n) is 5.65. The fourth-order valence-electron chi connectivity index (χ4n) is 1.38. The second-order valence-electron chi connectivity index (χ2n) is 3.70. The van der Waals surface area contributed by atoms with Gasteiger partial charge in [-0.3, -0.25) is 19.6 Å². The molecule has 0 spiro atoms. The Labute approximate surface area is 109 Å². The number of nitrogens with zero attached hydrogens (tertiary/aromatic N) is 2. The Kier molecular flexibility index (Phi) is 4.17. The second kappa shape index (κ2) is 6.25. The minimum atomic E-state index is -0.732. The first-order valence-corrected chi connectivity index (χ1v) is 5.65. The number of carbonyl (C=O) groups is 2. The summed E-state index contributed by atoms with van der Waals surface area (Å²) < 4.78 is 0. The molecule has 0 radical (unpaired) electrons. The predicted molar refractivity (Wildman–Crippen MR) is 69.0 cm³/mol. The second-order valence-corrected chi connectivity index (χ2v) is 3.70. The SMILES string of the molecule is O=C(NCc1ccccn1)C(=O)Nc1cccnc1. The van der Waals surface area contributed by atoms with Crippen LogP contribution < -0.4 is 10.6 Å². The molecule has 0 fully saturated rings. The molecule has 2 rings (SSSR count). The number of rotatable bonds is 3. The van der Waals surface area contributed by atoms with E-state index in [1.54, 1.807) is 36.7 Å². The molecule has 2 aromatic heterocycles. The van der Waals surface area contributed by atoms with Crippen molar-refractivity contribution in [3.8, 4) is 0 Å². The summed E-state index contributed by atoms with van der Waals surface area (Å²) in [5.41, 5.74) is 1.16. The first-order chi connectivity index (χ1) is 9.25. The van der Waals surface area contributed by atoms with Gasteiger partial charge >= 0.3 is 11.8 Å². The van der Waals surface area contributed by atoms with Crippen molar-refractivity contribution in [1.82, 2.24) is 15.3 Å². The van der Waals surface area contributed by atoms with Gasteiger partial charge in [0.2, 0.25) is 0 Å². The Hall–Kier alpha value is -2.76. The van der Waals surface area contributed by atoms with Crippen LogP contribution in [0.5, 0.6) is 0 Å². The van der Waals surface area contributed by atoms with Crippen molar-refractivity contribution in [1.29, 1.82) is 0 Å². The molecule has 0 saturated heterocycles. The Bertz CT molecular complexity index is 557. The van der Waals surface area contributed by atoms with E-state index >= 15 is 0 Å². The highest BCUT2D eigenvalue weighted by molar-refractivity contribution is 6.39. The minimum Gasteiger partial charge on any atom is -0.342 e. The molecule has 0 atom stereocenters. The van der Waals surface area contributed by atoms with Gasteiger partial charge in [0, 0.05) is 12.4 Å². The smallest absolute Gasteiger partial charge is 0.313 e. The number of hydrogen-bond donors (Lipinski definition) is 2. The van der Waals surface area contributed by atoms with Crippen LogP contribution in [0.1, 0.15) is 5.69 Å². The lowest BCUT2D eigenvalue weighted by atomic mass is 10.3. The summed E-state index contributed by atoms with van der Waals surface area (Å²) in [5.74, 6) is -1.45. The van der Waals surface area contributed by atoms with Crippen LogP contribution in [0.15, 0.2) is 48.9 Å². The molecular formula is C13H12N4O2. The molecule has 2 amide bonds. The largest absolute Gasteiger partial charge is 0.342 e. The van der Waals surface area contributed by atoms with Crippen LogP contribution in [-0.2, 0) is 16.1 Å². The molecule has 0 unspecified atom stereocenters. The highest BCUT2D eigenvalue weighted by Crippen LogP contribution is 2.01. The fourth-order valence-corrected chi connectivity index (χ4v) is 1.38. The number of nitrogens with one attached hydrogen (secondary N) is 2. The molecule has 2 aromatic rings. The van der Waals surface area contributed by atoms with Gasteiger partial charge in [-0.05, 0) is 24.3 Å². The molecular weight excluding hydrogens is 244 g/mol. The van der Waals surface area contributed by atoms with Crippen molar-refractivity contribution in [3.63, 3.8) is 0 Å². The van der Waals surface area contributed by atoms with Gasteiger partial charge in [-0.2, -0.15) is 0 Å². The Morgan fingerprint density at radius 3 is 2.63 bits per heavy atom. The summed E-state index contributed by atoms with van der Waals surface area (Å²) in [4.78, 5) is 31.0. The quantitative estimate of drug-likeness (QED) is 0.793. The van der Waals surface area contributed by atoms with E-state index in [9.17, 15) is 9.59 Å². The molecule has 2 heterocycles. The molecule has 19 heavy (non-hydrogen) atoms. The van der Waals surface area contributed by atoms with Crippen LogP contribution in [-0.4, -0.2) is 21.8 Å². The summed E-state index contributed by atoms with van der Waals surface area (Å²) in [6, 6.07) is 8.67. The first kappa shape index (κ1) is 12.7. The zero-order valence-electron chi connectivity index (χ0n) is 10.0. The maximum atomic E-state index is 11.6. The van der Waals surface area contributed by atoms with Crippen LogP contribution in [0.4, 0.5) is 5.69 Å². The highest BCUT2D eigenvalue weighted by Gasteiger charge is 2.13. The van der Waals surface area contributed by atoms with E-state index in [0.29, 0.717) is 11.4 Å². The Balaban J connectivity index is 1.85. The predicted octanol–water partition coefficient (Wildman–Crippen LogP) is 0.731. The number of hydrogen-bond acceptors (Lipinski definition) is 4. The van der Waals surface area contributed by atoms with E-state index in [2.05, 4.69) is 20.6 Å². The molecule has 6 heteroatoms. The minimum absolute atomic E-state index is 0.208. The van der Waals surface area contributed by atoms with Crippen LogP contribution >= 0.6 is 0 Å². The third kappa shape index (κ3) is 3.88. The lowest BCUT2D eigenvalue weighted by Gasteiger charge is -2.05. The van der Waals surface area contributed by atoms with Crippen LogP contribution in [0, 0.1) is 0 Å². The van der Waals surface area contributed by atoms with Gasteiger partial charge in [0.1, 0.15) is 0 Å². The van der Waals surface area contributed by atoms with Gasteiger partial charge in [-0.15, -0.1) is 0 Å². The van der Waals surface area contributed by atoms with Crippen molar-refractivity contribution in [2.24, 2.45) is 0 Å². The molecule has 6 nitrogen and oxygen atoms in total. The zero-order chi connectivity index (χ0) is 13.5. The molecule has 0 aliphatic carbocycles. The normalized spacial score (nSPS) is 9.68. The van der Waals surface area contributed by atoms with Crippen molar-refractivity contribution >= 4 is 17.5 Å². The van der Waals surface area contributed by atoms with E-state index in [-0.39, 0.29) is 6.54 Å². The van der Waals surface area contributed by atoms with E-state index in [0.717, 1.165) is 0 Å². The van der Waals surface area contributed by atoms with Crippen LogP contribution in [0.25, 0.3) is 0 Å². The van der Waals surface area contributed by atoms with Crippen molar-refractivity contribution < 1.29 is 9.59 Å². The number of carbonyl (C=O) groups excluding carboxylic acids is 2.